The van der Waals surface area contributed by atoms with Gasteiger partial charge in [-0.15, -0.1) is 0 Å². The van der Waals surface area contributed by atoms with E-state index in [9.17, 15) is 9.90 Å². The Balaban J connectivity index is 1.44. The molecule has 4 rings (SSSR count). The van der Waals surface area contributed by atoms with Crippen LogP contribution in [0.5, 0.6) is 0 Å². The molecule has 1 aliphatic rings. The molecule has 1 unspecified atom stereocenters. The van der Waals surface area contributed by atoms with Gasteiger partial charge in [0.15, 0.2) is 6.10 Å². The summed E-state index contributed by atoms with van der Waals surface area (Å²) in [6.45, 7) is 2.85. The van der Waals surface area contributed by atoms with Gasteiger partial charge in [-0.3, -0.25) is 4.98 Å². The number of likely N-dealkylation sites (N-methyl/N-ethyl adjacent to an activating group) is 1. The van der Waals surface area contributed by atoms with E-state index in [1.807, 2.05) is 48.7 Å². The number of aliphatic hydroxyl groups is 1. The van der Waals surface area contributed by atoms with Crippen molar-refractivity contribution >= 4 is 5.97 Å². The zero-order valence-electron chi connectivity index (χ0n) is 19.3. The predicted molar refractivity (Wildman–Crippen MR) is 128 cm³/mol. The number of aromatic nitrogens is 1. The summed E-state index contributed by atoms with van der Waals surface area (Å²) in [4.78, 5) is 17.7. The number of ether oxygens (including phenoxy) is 1. The first kappa shape index (κ1) is 23.1. The Morgan fingerprint density at radius 2 is 1.73 bits per heavy atom. The fourth-order valence-electron chi connectivity index (χ4n) is 4.88. The van der Waals surface area contributed by atoms with E-state index in [-0.39, 0.29) is 6.10 Å². The van der Waals surface area contributed by atoms with E-state index < -0.39 is 11.6 Å². The van der Waals surface area contributed by atoms with Gasteiger partial charge < -0.3 is 14.3 Å². The largest absolute Gasteiger partial charge is 0.454 e. The van der Waals surface area contributed by atoms with Gasteiger partial charge in [0.25, 0.3) is 0 Å². The van der Waals surface area contributed by atoms with E-state index in [1.165, 1.54) is 5.56 Å². The second-order valence-electron chi connectivity index (χ2n) is 9.33. The van der Waals surface area contributed by atoms with Crippen molar-refractivity contribution < 1.29 is 19.1 Å². The first-order valence-electron chi connectivity index (χ1n) is 11.8. The first-order chi connectivity index (χ1) is 16.0. The lowest BCUT2D eigenvalue weighted by Crippen LogP contribution is -2.55. The zero-order valence-corrected chi connectivity index (χ0v) is 19.3. The van der Waals surface area contributed by atoms with Crippen molar-refractivity contribution in [3.8, 4) is 0 Å². The quantitative estimate of drug-likeness (QED) is 0.419. The molecule has 5 heteroatoms. The van der Waals surface area contributed by atoms with E-state index in [1.54, 1.807) is 30.5 Å². The lowest BCUT2D eigenvalue weighted by molar-refractivity contribution is -0.917. The molecule has 0 aliphatic carbocycles. The highest BCUT2D eigenvalue weighted by Gasteiger charge is 2.44. The Morgan fingerprint density at radius 1 is 1.06 bits per heavy atom. The van der Waals surface area contributed by atoms with E-state index in [2.05, 4.69) is 18.1 Å². The minimum absolute atomic E-state index is 0.214. The third-order valence-electron chi connectivity index (χ3n) is 6.71. The number of carbonyl (C=O) groups excluding carboxylic acids is 1. The molecule has 3 aromatic rings. The first-order valence-corrected chi connectivity index (χ1v) is 11.8. The number of nitrogens with zero attached hydrogens (tertiary/aromatic N) is 2. The van der Waals surface area contributed by atoms with Crippen molar-refractivity contribution in [1.29, 1.82) is 0 Å². The van der Waals surface area contributed by atoms with E-state index >= 15 is 0 Å². The highest BCUT2D eigenvalue weighted by Crippen LogP contribution is 2.32. The minimum Gasteiger partial charge on any atom is -0.454 e. The molecule has 1 N–H and O–H groups in total. The average molecular weight is 446 g/mol. The number of rotatable bonds is 8. The Morgan fingerprint density at radius 3 is 2.33 bits per heavy atom. The molecule has 33 heavy (non-hydrogen) atoms. The summed E-state index contributed by atoms with van der Waals surface area (Å²) >= 11 is 0. The van der Waals surface area contributed by atoms with E-state index in [0.29, 0.717) is 11.1 Å². The molecule has 2 atom stereocenters. The van der Waals surface area contributed by atoms with Gasteiger partial charge >= 0.3 is 5.97 Å². The molecule has 0 saturated carbocycles. The van der Waals surface area contributed by atoms with E-state index in [0.717, 1.165) is 49.8 Å². The Labute approximate surface area is 196 Å². The van der Waals surface area contributed by atoms with Crippen LogP contribution in [0.1, 0.15) is 36.0 Å². The Kier molecular flexibility index (Phi) is 7.21. The van der Waals surface area contributed by atoms with Crippen LogP contribution >= 0.6 is 0 Å². The van der Waals surface area contributed by atoms with Crippen LogP contribution in [-0.4, -0.2) is 53.3 Å². The smallest absolute Gasteiger partial charge is 0.348 e. The third kappa shape index (κ3) is 5.49. The summed E-state index contributed by atoms with van der Waals surface area (Å²) < 4.78 is 6.88. The van der Waals surface area contributed by atoms with Crippen molar-refractivity contribution in [3.05, 3.63) is 102 Å². The molecule has 0 bridgehead atoms. The molecule has 1 aliphatic heterocycles. The van der Waals surface area contributed by atoms with Crippen molar-refractivity contribution in [3.63, 3.8) is 0 Å². The molecule has 0 amide bonds. The standard InChI is InChI=1S/C28H33N2O3/c1-30(19-9-12-23-11-8-18-29-21-23)20-10-17-26(22-30)33-27(31)28(32,24-13-4-2-5-14-24)25-15-6-3-7-16-25/h2-8,11,13-16,18,21,26,32H,9-10,12,17,19-20,22H2,1H3/q+1/t26-,30?/m1/s1. The maximum absolute atomic E-state index is 13.5. The number of quaternary nitrogens is 1. The van der Waals surface area contributed by atoms with Crippen molar-refractivity contribution in [2.75, 3.05) is 26.7 Å². The molecule has 0 spiro atoms. The van der Waals surface area contributed by atoms with Gasteiger partial charge in [-0.1, -0.05) is 66.7 Å². The summed E-state index contributed by atoms with van der Waals surface area (Å²) in [5.74, 6) is -0.603. The number of esters is 1. The van der Waals surface area contributed by atoms with Gasteiger partial charge in [-0.2, -0.15) is 0 Å². The van der Waals surface area contributed by atoms with Gasteiger partial charge in [0.1, 0.15) is 6.54 Å². The molecule has 1 aromatic heterocycles. The summed E-state index contributed by atoms with van der Waals surface area (Å²) in [7, 11) is 2.24. The van der Waals surface area contributed by atoms with E-state index in [4.69, 9.17) is 4.74 Å². The van der Waals surface area contributed by atoms with Gasteiger partial charge in [0.05, 0.1) is 20.1 Å². The van der Waals surface area contributed by atoms with Crippen LogP contribution in [0.4, 0.5) is 0 Å². The monoisotopic (exact) mass is 445 g/mol. The fourth-order valence-corrected chi connectivity index (χ4v) is 4.88. The average Bonchev–Trinajstić information content (AvgIpc) is 2.85. The van der Waals surface area contributed by atoms with Gasteiger partial charge in [-0.05, 0) is 35.6 Å². The highest BCUT2D eigenvalue weighted by molar-refractivity contribution is 5.85. The summed E-state index contributed by atoms with van der Waals surface area (Å²) in [5.41, 5.74) is 0.459. The fraction of sp³-hybridized carbons (Fsp3) is 0.357. The third-order valence-corrected chi connectivity index (χ3v) is 6.71. The second kappa shape index (κ2) is 10.3. The minimum atomic E-state index is -1.83. The molecule has 5 nitrogen and oxygen atoms in total. The van der Waals surface area contributed by atoms with Crippen LogP contribution < -0.4 is 0 Å². The van der Waals surface area contributed by atoms with Crippen LogP contribution in [-0.2, 0) is 21.6 Å². The van der Waals surface area contributed by atoms with Crippen LogP contribution in [0.2, 0.25) is 0 Å². The summed E-state index contributed by atoms with van der Waals surface area (Å²) in [6.07, 6.45) is 7.38. The second-order valence-corrected chi connectivity index (χ2v) is 9.33. The van der Waals surface area contributed by atoms with Crippen molar-refractivity contribution in [2.24, 2.45) is 0 Å². The van der Waals surface area contributed by atoms with Crippen LogP contribution in [0.15, 0.2) is 85.2 Å². The number of piperidine rings is 1. The number of hydrogen-bond acceptors (Lipinski definition) is 4. The highest BCUT2D eigenvalue weighted by atomic mass is 16.6. The molecule has 2 aromatic carbocycles. The van der Waals surface area contributed by atoms with Gasteiger partial charge in [-0.25, -0.2) is 4.79 Å². The molecule has 1 saturated heterocycles. The molecular formula is C28H33N2O3+. The lowest BCUT2D eigenvalue weighted by atomic mass is 9.86. The molecule has 0 radical (unpaired) electrons. The number of benzene rings is 2. The molecular weight excluding hydrogens is 412 g/mol. The number of hydrogen-bond donors (Lipinski definition) is 1. The lowest BCUT2D eigenvalue weighted by Gasteiger charge is -2.41. The number of pyridine rings is 1. The normalized spacial score (nSPS) is 20.8. The summed E-state index contributed by atoms with van der Waals surface area (Å²) in [5, 5.41) is 11.7. The van der Waals surface area contributed by atoms with Gasteiger partial charge in [0, 0.05) is 25.2 Å². The van der Waals surface area contributed by atoms with Crippen LogP contribution in [0, 0.1) is 0 Å². The Hall–Kier alpha value is -3.02. The van der Waals surface area contributed by atoms with Crippen molar-refractivity contribution in [2.45, 2.75) is 37.4 Å². The molecule has 172 valence electrons. The number of carbonyl (C=O) groups is 1. The zero-order chi connectivity index (χ0) is 23.2. The Bertz CT molecular complexity index is 987. The SMILES string of the molecule is C[N+]1(CCCc2cccnc2)CCC[C@@H](OC(=O)C(O)(c2ccccc2)c2ccccc2)C1. The number of aryl methyl sites for hydroxylation is 1. The molecule has 1 fully saturated rings. The van der Waals surface area contributed by atoms with Gasteiger partial charge in [0.2, 0.25) is 5.60 Å². The van der Waals surface area contributed by atoms with Crippen LogP contribution in [0.25, 0.3) is 0 Å². The number of likely N-dealkylation sites (tertiary alicyclic amines) is 1. The predicted octanol–water partition coefficient (Wildman–Crippen LogP) is 4.10. The topological polar surface area (TPSA) is 59.4 Å². The molecule has 2 heterocycles. The maximum Gasteiger partial charge on any atom is 0.348 e. The van der Waals surface area contributed by atoms with Crippen molar-refractivity contribution in [1.82, 2.24) is 4.98 Å². The summed E-state index contributed by atoms with van der Waals surface area (Å²) in [6, 6.07) is 22.2. The van der Waals surface area contributed by atoms with Crippen LogP contribution in [0.3, 0.4) is 0 Å². The maximum atomic E-state index is 13.5.